The molecule has 0 aliphatic heterocycles. The lowest BCUT2D eigenvalue weighted by molar-refractivity contribution is -0.142. The van der Waals surface area contributed by atoms with Gasteiger partial charge in [0.25, 0.3) is 0 Å². The molecule has 0 bridgehead atoms. The van der Waals surface area contributed by atoms with Gasteiger partial charge in [-0.3, -0.25) is 9.78 Å². The molecule has 0 aromatic carbocycles. The molecule has 5 nitrogen and oxygen atoms in total. The van der Waals surface area contributed by atoms with Crippen molar-refractivity contribution in [2.45, 2.75) is 19.3 Å². The van der Waals surface area contributed by atoms with Gasteiger partial charge in [-0.05, 0) is 26.0 Å². The maximum Gasteiger partial charge on any atom is 0.316 e. The third-order valence-electron chi connectivity index (χ3n) is 2.68. The van der Waals surface area contributed by atoms with Crippen LogP contribution in [0.25, 0.3) is 11.3 Å². The summed E-state index contributed by atoms with van der Waals surface area (Å²) in [6.07, 6.45) is 5.00. The topological polar surface area (TPSA) is 78.9 Å². The molecule has 2 aromatic heterocycles. The van der Waals surface area contributed by atoms with E-state index in [2.05, 4.69) is 15.0 Å². The van der Waals surface area contributed by atoms with Crippen LogP contribution in [0.1, 0.15) is 19.7 Å². The third-order valence-corrected chi connectivity index (χ3v) is 2.68. The number of carbonyl (C=O) groups is 1. The van der Waals surface area contributed by atoms with E-state index < -0.39 is 11.4 Å². The van der Waals surface area contributed by atoms with Crippen LogP contribution in [-0.4, -0.2) is 26.0 Å². The van der Waals surface area contributed by atoms with Crippen LogP contribution in [0, 0.1) is 0 Å². The van der Waals surface area contributed by atoms with Crippen molar-refractivity contribution in [1.29, 1.82) is 0 Å². The number of aromatic nitrogens is 3. The van der Waals surface area contributed by atoms with Gasteiger partial charge in [0.05, 0.1) is 11.9 Å². The predicted molar refractivity (Wildman–Crippen MR) is 62.5 cm³/mol. The van der Waals surface area contributed by atoms with Crippen molar-refractivity contribution in [2.24, 2.45) is 0 Å². The first-order valence-corrected chi connectivity index (χ1v) is 5.21. The first-order chi connectivity index (χ1) is 8.01. The number of aromatic amines is 1. The van der Waals surface area contributed by atoms with Crippen LogP contribution in [-0.2, 0) is 10.2 Å². The highest BCUT2D eigenvalue weighted by Gasteiger charge is 2.32. The Morgan fingerprint density at radius 2 is 2.18 bits per heavy atom. The van der Waals surface area contributed by atoms with Crippen LogP contribution in [0.5, 0.6) is 0 Å². The molecule has 2 N–H and O–H groups in total. The number of carboxylic acid groups (broad SMARTS) is 1. The molecule has 0 saturated heterocycles. The minimum absolute atomic E-state index is 0.434. The number of hydrogen-bond donors (Lipinski definition) is 2. The summed E-state index contributed by atoms with van der Waals surface area (Å²) in [5.41, 5.74) is 0.621. The lowest BCUT2D eigenvalue weighted by Crippen LogP contribution is -2.29. The lowest BCUT2D eigenvalue weighted by atomic mass is 9.93. The van der Waals surface area contributed by atoms with Crippen molar-refractivity contribution in [3.8, 4) is 11.3 Å². The molecule has 0 fully saturated rings. The number of hydrogen-bond acceptors (Lipinski definition) is 3. The summed E-state index contributed by atoms with van der Waals surface area (Å²) in [7, 11) is 0. The second-order valence-corrected chi connectivity index (χ2v) is 4.32. The Morgan fingerprint density at radius 1 is 1.41 bits per heavy atom. The van der Waals surface area contributed by atoms with E-state index in [1.165, 1.54) is 0 Å². The van der Waals surface area contributed by atoms with E-state index in [4.69, 9.17) is 5.11 Å². The zero-order valence-corrected chi connectivity index (χ0v) is 9.64. The van der Waals surface area contributed by atoms with Crippen LogP contribution in [0.15, 0.2) is 30.7 Å². The minimum atomic E-state index is -1.03. The predicted octanol–water partition coefficient (Wildman–Crippen LogP) is 1.83. The molecule has 0 amide bonds. The largest absolute Gasteiger partial charge is 0.481 e. The van der Waals surface area contributed by atoms with Gasteiger partial charge in [-0.2, -0.15) is 0 Å². The van der Waals surface area contributed by atoms with E-state index in [9.17, 15) is 4.79 Å². The molecule has 0 aliphatic rings. The van der Waals surface area contributed by atoms with Crippen LogP contribution in [0.3, 0.4) is 0 Å². The van der Waals surface area contributed by atoms with Crippen molar-refractivity contribution < 1.29 is 9.90 Å². The number of H-pyrrole nitrogens is 1. The van der Waals surface area contributed by atoms with Gasteiger partial charge in [-0.25, -0.2) is 4.98 Å². The molecular weight excluding hydrogens is 218 g/mol. The Kier molecular flexibility index (Phi) is 2.67. The van der Waals surface area contributed by atoms with E-state index in [-0.39, 0.29) is 0 Å². The van der Waals surface area contributed by atoms with Gasteiger partial charge in [0.1, 0.15) is 11.2 Å². The number of pyridine rings is 1. The first-order valence-electron chi connectivity index (χ1n) is 5.21. The third kappa shape index (κ3) is 2.04. The molecule has 0 unspecified atom stereocenters. The molecule has 2 rings (SSSR count). The fourth-order valence-corrected chi connectivity index (χ4v) is 1.41. The van der Waals surface area contributed by atoms with Gasteiger partial charge in [0, 0.05) is 18.0 Å². The summed E-state index contributed by atoms with van der Waals surface area (Å²) in [4.78, 5) is 22.2. The summed E-state index contributed by atoms with van der Waals surface area (Å²) >= 11 is 0. The summed E-state index contributed by atoms with van der Waals surface area (Å²) in [5, 5.41) is 9.10. The molecule has 0 aliphatic carbocycles. The smallest absolute Gasteiger partial charge is 0.316 e. The second kappa shape index (κ2) is 4.01. The van der Waals surface area contributed by atoms with Crippen molar-refractivity contribution in [3.05, 3.63) is 36.5 Å². The van der Waals surface area contributed by atoms with Crippen LogP contribution < -0.4 is 0 Å². The maximum atomic E-state index is 11.1. The van der Waals surface area contributed by atoms with Gasteiger partial charge < -0.3 is 10.1 Å². The Balaban J connectivity index is 2.38. The van der Waals surface area contributed by atoms with E-state index in [0.717, 1.165) is 11.3 Å². The highest BCUT2D eigenvalue weighted by molar-refractivity contribution is 5.79. The summed E-state index contributed by atoms with van der Waals surface area (Å²) in [6, 6.07) is 3.70. The fourth-order valence-electron chi connectivity index (χ4n) is 1.41. The van der Waals surface area contributed by atoms with Crippen LogP contribution in [0.4, 0.5) is 0 Å². The Bertz CT molecular complexity index is 532. The maximum absolute atomic E-state index is 11.1. The van der Waals surface area contributed by atoms with Crippen molar-refractivity contribution in [1.82, 2.24) is 15.0 Å². The number of imidazole rings is 1. The van der Waals surface area contributed by atoms with Crippen LogP contribution >= 0.6 is 0 Å². The standard InChI is InChI=1S/C12H13N3O2/c1-12(2,11(16)17)10-14-7-9(15-10)8-4-3-5-13-6-8/h3-7H,1-2H3,(H,14,15)(H,16,17). The van der Waals surface area contributed by atoms with Crippen molar-refractivity contribution >= 4 is 5.97 Å². The molecule has 17 heavy (non-hydrogen) atoms. The highest BCUT2D eigenvalue weighted by Crippen LogP contribution is 2.23. The van der Waals surface area contributed by atoms with Gasteiger partial charge in [0.15, 0.2) is 0 Å². The summed E-state index contributed by atoms with van der Waals surface area (Å²) in [5.74, 6) is -0.478. The van der Waals surface area contributed by atoms with E-state index in [0.29, 0.717) is 5.82 Å². The van der Waals surface area contributed by atoms with Crippen molar-refractivity contribution in [2.75, 3.05) is 0 Å². The monoisotopic (exact) mass is 231 g/mol. The molecule has 0 spiro atoms. The second-order valence-electron chi connectivity index (χ2n) is 4.32. The number of carboxylic acids is 1. The van der Waals surface area contributed by atoms with E-state index in [1.807, 2.05) is 12.1 Å². The zero-order chi connectivity index (χ0) is 12.5. The molecule has 88 valence electrons. The Morgan fingerprint density at radius 3 is 2.76 bits per heavy atom. The molecule has 0 saturated carbocycles. The highest BCUT2D eigenvalue weighted by atomic mass is 16.4. The molecule has 0 atom stereocenters. The minimum Gasteiger partial charge on any atom is -0.481 e. The number of aliphatic carboxylic acids is 1. The molecule has 2 heterocycles. The lowest BCUT2D eigenvalue weighted by Gasteiger charge is -2.15. The van der Waals surface area contributed by atoms with Gasteiger partial charge >= 0.3 is 5.97 Å². The molecule has 0 radical (unpaired) electrons. The average molecular weight is 231 g/mol. The molecular formula is C12H13N3O2. The van der Waals surface area contributed by atoms with Gasteiger partial charge in [-0.15, -0.1) is 0 Å². The number of nitrogens with one attached hydrogen (secondary N) is 1. The Hall–Kier alpha value is -2.17. The van der Waals surface area contributed by atoms with E-state index in [1.54, 1.807) is 32.4 Å². The van der Waals surface area contributed by atoms with Gasteiger partial charge in [-0.1, -0.05) is 0 Å². The van der Waals surface area contributed by atoms with Gasteiger partial charge in [0.2, 0.25) is 0 Å². The number of nitrogens with zero attached hydrogens (tertiary/aromatic N) is 2. The SMILES string of the molecule is CC(C)(C(=O)O)c1ncc(-c2cccnc2)[nH]1. The summed E-state index contributed by atoms with van der Waals surface area (Å²) in [6.45, 7) is 3.22. The Labute approximate surface area is 98.6 Å². The first kappa shape index (κ1) is 11.3. The summed E-state index contributed by atoms with van der Waals surface area (Å²) < 4.78 is 0. The zero-order valence-electron chi connectivity index (χ0n) is 9.64. The van der Waals surface area contributed by atoms with Crippen LogP contribution in [0.2, 0.25) is 0 Å². The quantitative estimate of drug-likeness (QED) is 0.844. The van der Waals surface area contributed by atoms with E-state index >= 15 is 0 Å². The average Bonchev–Trinajstić information content (AvgIpc) is 2.80. The normalized spacial score (nSPS) is 11.4. The molecule has 5 heteroatoms. The molecule has 2 aromatic rings. The number of rotatable bonds is 3. The fraction of sp³-hybridized carbons (Fsp3) is 0.250. The van der Waals surface area contributed by atoms with Crippen molar-refractivity contribution in [3.63, 3.8) is 0 Å².